The molecule has 0 aromatic heterocycles. The highest BCUT2D eigenvalue weighted by molar-refractivity contribution is 6.32. The van der Waals surface area contributed by atoms with Crippen molar-refractivity contribution in [2.24, 2.45) is 5.92 Å². The van der Waals surface area contributed by atoms with Gasteiger partial charge in [0.15, 0.2) is 11.5 Å². The molecule has 0 heterocycles. The molecule has 4 heteroatoms. The van der Waals surface area contributed by atoms with Crippen LogP contribution in [0.3, 0.4) is 0 Å². The van der Waals surface area contributed by atoms with E-state index in [1.54, 1.807) is 14.2 Å². The van der Waals surface area contributed by atoms with E-state index in [9.17, 15) is 0 Å². The van der Waals surface area contributed by atoms with Gasteiger partial charge in [-0.3, -0.25) is 0 Å². The first-order valence-electron chi connectivity index (χ1n) is 7.86. The van der Waals surface area contributed by atoms with Crippen molar-refractivity contribution in [3.05, 3.63) is 22.7 Å². The van der Waals surface area contributed by atoms with E-state index in [1.165, 1.54) is 37.7 Å². The number of nitrogens with one attached hydrogen (secondary N) is 1. The van der Waals surface area contributed by atoms with Gasteiger partial charge in [0, 0.05) is 6.04 Å². The Labute approximate surface area is 133 Å². The highest BCUT2D eigenvalue weighted by Gasteiger charge is 2.26. The van der Waals surface area contributed by atoms with E-state index < -0.39 is 0 Å². The molecular weight excluding hydrogens is 286 g/mol. The average molecular weight is 312 g/mol. The molecule has 1 unspecified atom stereocenters. The van der Waals surface area contributed by atoms with Crippen LogP contribution < -0.4 is 14.8 Å². The van der Waals surface area contributed by atoms with Crippen LogP contribution in [0.25, 0.3) is 0 Å². The normalized spacial score (nSPS) is 17.5. The number of hydrogen-bond acceptors (Lipinski definition) is 3. The van der Waals surface area contributed by atoms with Gasteiger partial charge in [-0.15, -0.1) is 0 Å². The van der Waals surface area contributed by atoms with E-state index in [0.29, 0.717) is 28.5 Å². The van der Waals surface area contributed by atoms with Gasteiger partial charge >= 0.3 is 0 Å². The zero-order valence-corrected chi connectivity index (χ0v) is 14.0. The summed E-state index contributed by atoms with van der Waals surface area (Å²) < 4.78 is 10.8. The quantitative estimate of drug-likeness (QED) is 0.833. The number of halogens is 1. The van der Waals surface area contributed by atoms with Crippen LogP contribution in [0, 0.1) is 5.92 Å². The topological polar surface area (TPSA) is 30.5 Å². The van der Waals surface area contributed by atoms with E-state index in [1.807, 2.05) is 6.07 Å². The lowest BCUT2D eigenvalue weighted by Gasteiger charge is -2.31. The minimum absolute atomic E-state index is 0.340. The van der Waals surface area contributed by atoms with Gasteiger partial charge in [-0.2, -0.15) is 0 Å². The predicted molar refractivity (Wildman–Crippen MR) is 87.5 cm³/mol. The molecule has 1 aromatic carbocycles. The van der Waals surface area contributed by atoms with E-state index in [2.05, 4.69) is 18.3 Å². The number of hydrogen-bond donors (Lipinski definition) is 1. The second kappa shape index (κ2) is 7.90. The first kappa shape index (κ1) is 16.4. The van der Waals surface area contributed by atoms with Crippen molar-refractivity contribution in [1.29, 1.82) is 0 Å². The molecule has 0 saturated heterocycles. The average Bonchev–Trinajstić information content (AvgIpc) is 2.52. The fraction of sp³-hybridized carbons (Fsp3) is 0.647. The lowest BCUT2D eigenvalue weighted by Crippen LogP contribution is -2.29. The van der Waals surface area contributed by atoms with Gasteiger partial charge in [0.1, 0.15) is 0 Å². The van der Waals surface area contributed by atoms with Crippen molar-refractivity contribution in [3.63, 3.8) is 0 Å². The Bertz CT molecular complexity index is 458. The van der Waals surface area contributed by atoms with Crippen molar-refractivity contribution in [2.45, 2.75) is 45.1 Å². The number of ether oxygens (including phenoxy) is 2. The zero-order chi connectivity index (χ0) is 15.2. The maximum absolute atomic E-state index is 6.36. The molecule has 0 amide bonds. The van der Waals surface area contributed by atoms with Gasteiger partial charge in [-0.05, 0) is 43.0 Å². The van der Waals surface area contributed by atoms with Crippen LogP contribution in [0.15, 0.2) is 12.1 Å². The third kappa shape index (κ3) is 3.83. The van der Waals surface area contributed by atoms with E-state index in [0.717, 1.165) is 6.54 Å². The lowest BCUT2D eigenvalue weighted by atomic mass is 9.81. The Morgan fingerprint density at radius 1 is 1.19 bits per heavy atom. The largest absolute Gasteiger partial charge is 0.493 e. The summed E-state index contributed by atoms with van der Waals surface area (Å²) in [6.45, 7) is 3.10. The standard InChI is InChI=1S/C17H26ClNO2/c1-4-19-16(12-8-6-5-7-9-12)13-10-14(18)17(21-3)15(11-13)20-2/h10-12,16,19H,4-9H2,1-3H3. The SMILES string of the molecule is CCNC(c1cc(Cl)c(OC)c(OC)c1)C1CCCCC1. The lowest BCUT2D eigenvalue weighted by molar-refractivity contribution is 0.273. The third-order valence-electron chi connectivity index (χ3n) is 4.36. The summed E-state index contributed by atoms with van der Waals surface area (Å²) in [6, 6.07) is 4.42. The summed E-state index contributed by atoms with van der Waals surface area (Å²) in [5.41, 5.74) is 1.20. The molecule has 2 rings (SSSR count). The predicted octanol–water partition coefficient (Wildman–Crippen LogP) is 4.59. The molecule has 1 aliphatic rings. The fourth-order valence-corrected chi connectivity index (χ4v) is 3.66. The second-order valence-electron chi connectivity index (χ2n) is 5.67. The maximum atomic E-state index is 6.36. The molecule has 1 N–H and O–H groups in total. The molecule has 21 heavy (non-hydrogen) atoms. The van der Waals surface area contributed by atoms with Crippen molar-refractivity contribution in [1.82, 2.24) is 5.32 Å². The zero-order valence-electron chi connectivity index (χ0n) is 13.2. The summed E-state index contributed by atoms with van der Waals surface area (Å²) in [7, 11) is 3.27. The molecule has 1 fully saturated rings. The van der Waals surface area contributed by atoms with Crippen LogP contribution in [0.4, 0.5) is 0 Å². The highest BCUT2D eigenvalue weighted by Crippen LogP contribution is 2.41. The van der Waals surface area contributed by atoms with Crippen LogP contribution in [-0.4, -0.2) is 20.8 Å². The third-order valence-corrected chi connectivity index (χ3v) is 4.64. The summed E-state index contributed by atoms with van der Waals surface area (Å²) in [5, 5.41) is 4.25. The Hall–Kier alpha value is -0.930. The molecule has 3 nitrogen and oxygen atoms in total. The molecule has 0 radical (unpaired) electrons. The van der Waals surface area contributed by atoms with Crippen molar-refractivity contribution < 1.29 is 9.47 Å². The molecule has 0 spiro atoms. The van der Waals surface area contributed by atoms with Crippen LogP contribution in [0.5, 0.6) is 11.5 Å². The molecule has 0 aliphatic heterocycles. The minimum atomic E-state index is 0.340. The van der Waals surface area contributed by atoms with Gasteiger partial charge in [0.25, 0.3) is 0 Å². The van der Waals surface area contributed by atoms with Gasteiger partial charge in [-0.1, -0.05) is 37.8 Å². The molecule has 1 saturated carbocycles. The molecular formula is C17H26ClNO2. The van der Waals surface area contributed by atoms with Crippen LogP contribution >= 0.6 is 11.6 Å². The Balaban J connectivity index is 2.32. The second-order valence-corrected chi connectivity index (χ2v) is 6.08. The summed E-state index contributed by atoms with van der Waals surface area (Å²) in [5.74, 6) is 1.99. The van der Waals surface area contributed by atoms with Gasteiger partial charge in [0.2, 0.25) is 0 Å². The highest BCUT2D eigenvalue weighted by atomic mass is 35.5. The van der Waals surface area contributed by atoms with Crippen molar-refractivity contribution in [2.75, 3.05) is 20.8 Å². The van der Waals surface area contributed by atoms with E-state index >= 15 is 0 Å². The maximum Gasteiger partial charge on any atom is 0.179 e. The summed E-state index contributed by atoms with van der Waals surface area (Å²) in [4.78, 5) is 0. The minimum Gasteiger partial charge on any atom is -0.493 e. The van der Waals surface area contributed by atoms with Gasteiger partial charge < -0.3 is 14.8 Å². The summed E-state index contributed by atoms with van der Waals surface area (Å²) >= 11 is 6.36. The summed E-state index contributed by atoms with van der Waals surface area (Å²) in [6.07, 6.45) is 6.58. The number of rotatable bonds is 6. The monoisotopic (exact) mass is 311 g/mol. The van der Waals surface area contributed by atoms with E-state index in [-0.39, 0.29) is 0 Å². The Morgan fingerprint density at radius 3 is 2.48 bits per heavy atom. The molecule has 1 aliphatic carbocycles. The fourth-order valence-electron chi connectivity index (χ4n) is 3.36. The Kier molecular flexibility index (Phi) is 6.19. The first-order valence-corrected chi connectivity index (χ1v) is 8.23. The molecule has 0 bridgehead atoms. The van der Waals surface area contributed by atoms with E-state index in [4.69, 9.17) is 21.1 Å². The smallest absolute Gasteiger partial charge is 0.179 e. The Morgan fingerprint density at radius 2 is 1.90 bits per heavy atom. The van der Waals surface area contributed by atoms with Gasteiger partial charge in [0.05, 0.1) is 19.2 Å². The van der Waals surface area contributed by atoms with Crippen molar-refractivity contribution in [3.8, 4) is 11.5 Å². The van der Waals surface area contributed by atoms with Crippen LogP contribution in [-0.2, 0) is 0 Å². The van der Waals surface area contributed by atoms with Crippen LogP contribution in [0.1, 0.15) is 50.6 Å². The number of methoxy groups -OCH3 is 2. The van der Waals surface area contributed by atoms with Crippen molar-refractivity contribution >= 4 is 11.6 Å². The molecule has 118 valence electrons. The molecule has 1 atom stereocenters. The number of benzene rings is 1. The first-order chi connectivity index (χ1) is 10.2. The molecule has 1 aromatic rings. The van der Waals surface area contributed by atoms with Crippen LogP contribution in [0.2, 0.25) is 5.02 Å². The van der Waals surface area contributed by atoms with Gasteiger partial charge in [-0.25, -0.2) is 0 Å².